The Morgan fingerprint density at radius 1 is 1.08 bits per heavy atom. The van der Waals surface area contributed by atoms with Gasteiger partial charge in [-0.05, 0) is 38.9 Å². The Kier molecular flexibility index (Phi) is 4.35. The van der Waals surface area contributed by atoms with E-state index in [1.165, 1.54) is 0 Å². The minimum absolute atomic E-state index is 0.263. The molecule has 0 spiro atoms. The average Bonchev–Trinajstić information content (AvgIpc) is 2.54. The van der Waals surface area contributed by atoms with E-state index in [1.807, 2.05) is 7.05 Å². The number of rotatable bonds is 3. The van der Waals surface area contributed by atoms with Crippen molar-refractivity contribution >= 4 is 28.4 Å². The van der Waals surface area contributed by atoms with Crippen molar-refractivity contribution in [2.24, 2.45) is 5.92 Å². The molecule has 6 nitrogen and oxygen atoms in total. The van der Waals surface area contributed by atoms with E-state index in [4.69, 9.17) is 11.5 Å². The highest BCUT2D eigenvalue weighted by molar-refractivity contribution is 5.92. The number of nitrogens with one attached hydrogen (secondary N) is 1. The van der Waals surface area contributed by atoms with Crippen LogP contribution in [-0.4, -0.2) is 41.5 Å². The maximum atomic E-state index is 14.6. The number of benzene rings is 1. The van der Waals surface area contributed by atoms with Crippen molar-refractivity contribution < 1.29 is 13.2 Å². The number of anilines is 3. The fourth-order valence-corrected chi connectivity index (χ4v) is 2.97. The molecule has 0 atom stereocenters. The van der Waals surface area contributed by atoms with Gasteiger partial charge in [-0.1, -0.05) is 0 Å². The van der Waals surface area contributed by atoms with Gasteiger partial charge in [0.2, 0.25) is 5.95 Å². The minimum atomic E-state index is -1.33. The Balaban J connectivity index is 1.93. The van der Waals surface area contributed by atoms with Gasteiger partial charge < -0.3 is 21.7 Å². The SMILES string of the molecule is CN1CCC(CNc2c(F)c(F)c3c(N)nc(N)nc3c2F)CC1. The van der Waals surface area contributed by atoms with Crippen molar-refractivity contribution in [1.82, 2.24) is 14.9 Å². The zero-order chi connectivity index (χ0) is 17.4. The highest BCUT2D eigenvalue weighted by Crippen LogP contribution is 2.33. The first-order valence-electron chi connectivity index (χ1n) is 7.70. The summed E-state index contributed by atoms with van der Waals surface area (Å²) in [5.74, 6) is -4.06. The summed E-state index contributed by atoms with van der Waals surface area (Å²) in [5, 5.41) is 2.19. The predicted molar refractivity (Wildman–Crippen MR) is 86.9 cm³/mol. The molecule has 130 valence electrons. The number of aromatic nitrogens is 2. The molecule has 24 heavy (non-hydrogen) atoms. The van der Waals surface area contributed by atoms with Gasteiger partial charge in [-0.15, -0.1) is 0 Å². The number of nitrogens with two attached hydrogens (primary N) is 2. The highest BCUT2D eigenvalue weighted by Gasteiger charge is 2.25. The predicted octanol–water partition coefficient (Wildman–Crippen LogP) is 1.97. The van der Waals surface area contributed by atoms with E-state index in [2.05, 4.69) is 20.2 Å². The Bertz CT molecular complexity index is 774. The van der Waals surface area contributed by atoms with Gasteiger partial charge >= 0.3 is 0 Å². The second kappa shape index (κ2) is 6.31. The van der Waals surface area contributed by atoms with Crippen molar-refractivity contribution in [2.75, 3.05) is 43.5 Å². The Hall–Kier alpha value is -2.29. The van der Waals surface area contributed by atoms with E-state index in [1.54, 1.807) is 0 Å². The van der Waals surface area contributed by atoms with Crippen LogP contribution in [0.4, 0.5) is 30.6 Å². The van der Waals surface area contributed by atoms with E-state index < -0.39 is 39.9 Å². The van der Waals surface area contributed by atoms with Crippen LogP contribution in [0.5, 0.6) is 0 Å². The van der Waals surface area contributed by atoms with Crippen LogP contribution in [0.2, 0.25) is 0 Å². The molecule has 1 aliphatic heterocycles. The van der Waals surface area contributed by atoms with Crippen molar-refractivity contribution in [2.45, 2.75) is 12.8 Å². The molecular formula is C15H19F3N6. The van der Waals surface area contributed by atoms with Crippen LogP contribution >= 0.6 is 0 Å². The molecule has 0 saturated carbocycles. The molecule has 2 aromatic rings. The number of likely N-dealkylation sites (tertiary alicyclic amines) is 1. The monoisotopic (exact) mass is 340 g/mol. The molecule has 3 rings (SSSR count). The third-order valence-electron chi connectivity index (χ3n) is 4.42. The maximum absolute atomic E-state index is 14.6. The molecule has 1 aromatic heterocycles. The molecule has 2 heterocycles. The lowest BCUT2D eigenvalue weighted by molar-refractivity contribution is 0.226. The van der Waals surface area contributed by atoms with E-state index in [0.717, 1.165) is 25.9 Å². The van der Waals surface area contributed by atoms with Gasteiger partial charge in [0.05, 0.1) is 5.39 Å². The number of halogens is 3. The fraction of sp³-hybridized carbons (Fsp3) is 0.467. The second-order valence-corrected chi connectivity index (χ2v) is 6.14. The lowest BCUT2D eigenvalue weighted by atomic mass is 9.97. The van der Waals surface area contributed by atoms with Crippen LogP contribution in [0.1, 0.15) is 12.8 Å². The summed E-state index contributed by atoms with van der Waals surface area (Å²) in [6.07, 6.45) is 1.82. The van der Waals surface area contributed by atoms with Gasteiger partial charge in [0.15, 0.2) is 17.5 Å². The number of piperidine rings is 1. The molecule has 1 saturated heterocycles. The van der Waals surface area contributed by atoms with E-state index in [9.17, 15) is 13.2 Å². The van der Waals surface area contributed by atoms with Gasteiger partial charge in [0.25, 0.3) is 0 Å². The molecular weight excluding hydrogens is 321 g/mol. The van der Waals surface area contributed by atoms with Crippen LogP contribution in [0.15, 0.2) is 0 Å². The number of hydrogen-bond acceptors (Lipinski definition) is 6. The maximum Gasteiger partial charge on any atom is 0.222 e. The van der Waals surface area contributed by atoms with E-state index in [-0.39, 0.29) is 11.9 Å². The van der Waals surface area contributed by atoms with Crippen LogP contribution < -0.4 is 16.8 Å². The number of fused-ring (bicyclic) bond motifs is 1. The zero-order valence-corrected chi connectivity index (χ0v) is 13.2. The average molecular weight is 340 g/mol. The molecule has 1 aromatic carbocycles. The summed E-state index contributed by atoms with van der Waals surface area (Å²) in [6, 6.07) is 0. The number of nitrogen functional groups attached to an aromatic ring is 2. The van der Waals surface area contributed by atoms with Crippen LogP contribution in [-0.2, 0) is 0 Å². The summed E-state index contributed by atoms with van der Waals surface area (Å²) in [7, 11) is 2.02. The molecule has 0 radical (unpaired) electrons. The summed E-state index contributed by atoms with van der Waals surface area (Å²) < 4.78 is 43.1. The van der Waals surface area contributed by atoms with Crippen molar-refractivity contribution in [3.05, 3.63) is 17.5 Å². The summed E-state index contributed by atoms with van der Waals surface area (Å²) in [5.41, 5.74) is 9.97. The third-order valence-corrected chi connectivity index (χ3v) is 4.42. The molecule has 0 amide bonds. The Labute approximate surface area is 137 Å². The summed E-state index contributed by atoms with van der Waals surface area (Å²) in [6.45, 7) is 2.19. The van der Waals surface area contributed by atoms with Crippen molar-refractivity contribution in [3.8, 4) is 0 Å². The molecule has 1 fully saturated rings. The molecule has 0 aliphatic carbocycles. The third kappa shape index (κ3) is 2.91. The topological polar surface area (TPSA) is 93.1 Å². The lowest BCUT2D eigenvalue weighted by Crippen LogP contribution is -2.33. The highest BCUT2D eigenvalue weighted by atomic mass is 19.2. The fourth-order valence-electron chi connectivity index (χ4n) is 2.97. The summed E-state index contributed by atoms with van der Waals surface area (Å²) in [4.78, 5) is 9.40. The summed E-state index contributed by atoms with van der Waals surface area (Å²) >= 11 is 0. The normalized spacial score (nSPS) is 16.7. The zero-order valence-electron chi connectivity index (χ0n) is 13.2. The van der Waals surface area contributed by atoms with E-state index in [0.29, 0.717) is 6.54 Å². The van der Waals surface area contributed by atoms with Gasteiger partial charge in [0, 0.05) is 6.54 Å². The first kappa shape index (κ1) is 16.6. The second-order valence-electron chi connectivity index (χ2n) is 6.14. The Morgan fingerprint density at radius 3 is 2.42 bits per heavy atom. The largest absolute Gasteiger partial charge is 0.383 e. The quantitative estimate of drug-likeness (QED) is 0.740. The van der Waals surface area contributed by atoms with Gasteiger partial charge in [-0.3, -0.25) is 0 Å². The van der Waals surface area contributed by atoms with Gasteiger partial charge in [-0.2, -0.15) is 4.98 Å². The van der Waals surface area contributed by atoms with Gasteiger partial charge in [0.1, 0.15) is 17.0 Å². The number of nitrogens with zero attached hydrogens (tertiary/aromatic N) is 3. The van der Waals surface area contributed by atoms with Crippen molar-refractivity contribution in [3.63, 3.8) is 0 Å². The van der Waals surface area contributed by atoms with Crippen molar-refractivity contribution in [1.29, 1.82) is 0 Å². The van der Waals surface area contributed by atoms with E-state index >= 15 is 0 Å². The van der Waals surface area contributed by atoms with Gasteiger partial charge in [-0.25, -0.2) is 18.2 Å². The molecule has 1 aliphatic rings. The molecule has 0 bridgehead atoms. The first-order valence-corrected chi connectivity index (χ1v) is 7.70. The van der Waals surface area contributed by atoms with Crippen LogP contribution in [0.3, 0.4) is 0 Å². The smallest absolute Gasteiger partial charge is 0.222 e. The molecule has 9 heteroatoms. The standard InChI is InChI=1S/C15H19F3N6/c1-24-4-2-7(3-5-24)6-21-13-10(17)9(16)8-12(11(13)18)22-15(20)23-14(8)19/h7,21H,2-6H2,1H3,(H4,19,20,22,23). The lowest BCUT2D eigenvalue weighted by Gasteiger charge is -2.29. The molecule has 0 unspecified atom stereocenters. The minimum Gasteiger partial charge on any atom is -0.383 e. The first-order chi connectivity index (χ1) is 11.4. The molecule has 5 N–H and O–H groups in total. The number of hydrogen-bond donors (Lipinski definition) is 3. The van der Waals surface area contributed by atoms with Crippen LogP contribution in [0, 0.1) is 23.4 Å². The Morgan fingerprint density at radius 2 is 1.75 bits per heavy atom. The van der Waals surface area contributed by atoms with Crippen LogP contribution in [0.25, 0.3) is 10.9 Å².